The van der Waals surface area contributed by atoms with Gasteiger partial charge in [-0.3, -0.25) is 0 Å². The summed E-state index contributed by atoms with van der Waals surface area (Å²) in [5.41, 5.74) is 1.32. The average Bonchev–Trinajstić information content (AvgIpc) is 2.95. The highest BCUT2D eigenvalue weighted by Crippen LogP contribution is 2.22. The Morgan fingerprint density at radius 3 is 2.76 bits per heavy atom. The van der Waals surface area contributed by atoms with Crippen LogP contribution in [0.1, 0.15) is 17.4 Å². The number of fused-ring (bicyclic) bond motifs is 1. The Hall–Kier alpha value is -2.96. The summed E-state index contributed by atoms with van der Waals surface area (Å²) in [6.45, 7) is 2.50. The van der Waals surface area contributed by atoms with Gasteiger partial charge >= 0.3 is 5.97 Å². The maximum atomic E-state index is 11.3. The van der Waals surface area contributed by atoms with Gasteiger partial charge in [-0.25, -0.2) is 9.78 Å². The quantitative estimate of drug-likeness (QED) is 0.786. The van der Waals surface area contributed by atoms with E-state index < -0.39 is 5.97 Å². The number of carboxylic acids is 1. The molecular formula is C14H12N4O3. The Kier molecular flexibility index (Phi) is 3.23. The van der Waals surface area contributed by atoms with Crippen LogP contribution < -0.4 is 4.74 Å². The minimum Gasteiger partial charge on any atom is -0.494 e. The first kappa shape index (κ1) is 13.0. The molecule has 21 heavy (non-hydrogen) atoms. The highest BCUT2D eigenvalue weighted by Gasteiger charge is 2.14. The summed E-state index contributed by atoms with van der Waals surface area (Å²) in [4.78, 5) is 19.6. The zero-order chi connectivity index (χ0) is 14.8. The summed E-state index contributed by atoms with van der Waals surface area (Å²) in [7, 11) is 0. The van der Waals surface area contributed by atoms with E-state index in [0.717, 1.165) is 11.3 Å². The lowest BCUT2D eigenvalue weighted by molar-refractivity contribution is 0.0687. The van der Waals surface area contributed by atoms with Crippen molar-refractivity contribution in [2.24, 2.45) is 0 Å². The minimum absolute atomic E-state index is 0.0152. The SMILES string of the molecule is CCOc1ccc(-c2cc(C(=O)O)n3ncnc3n2)cc1. The molecule has 7 nitrogen and oxygen atoms in total. The Balaban J connectivity index is 2.09. The minimum atomic E-state index is -1.08. The normalized spacial score (nSPS) is 10.7. The van der Waals surface area contributed by atoms with Crippen molar-refractivity contribution in [2.45, 2.75) is 6.92 Å². The lowest BCUT2D eigenvalue weighted by Crippen LogP contribution is -2.08. The number of aromatic carboxylic acids is 1. The first-order valence-corrected chi connectivity index (χ1v) is 6.36. The summed E-state index contributed by atoms with van der Waals surface area (Å²) in [6, 6.07) is 8.75. The smallest absolute Gasteiger partial charge is 0.354 e. The predicted octanol–water partition coefficient (Wildman–Crippen LogP) is 1.89. The van der Waals surface area contributed by atoms with E-state index in [-0.39, 0.29) is 11.5 Å². The maximum Gasteiger partial charge on any atom is 0.354 e. The van der Waals surface area contributed by atoms with Crippen LogP contribution in [0.25, 0.3) is 17.0 Å². The van der Waals surface area contributed by atoms with E-state index in [0.29, 0.717) is 12.3 Å². The number of ether oxygens (including phenoxy) is 1. The molecule has 7 heteroatoms. The molecule has 0 amide bonds. The molecule has 0 saturated heterocycles. The van der Waals surface area contributed by atoms with Crippen LogP contribution in [-0.2, 0) is 0 Å². The van der Waals surface area contributed by atoms with Gasteiger partial charge in [-0.15, -0.1) is 0 Å². The fraction of sp³-hybridized carbons (Fsp3) is 0.143. The molecule has 0 radical (unpaired) electrons. The van der Waals surface area contributed by atoms with Crippen LogP contribution in [0, 0.1) is 0 Å². The number of carboxylic acid groups (broad SMARTS) is 1. The third-order valence-electron chi connectivity index (χ3n) is 2.93. The second kappa shape index (κ2) is 5.20. The molecule has 1 aromatic carbocycles. The number of rotatable bonds is 4. The van der Waals surface area contributed by atoms with Crippen molar-refractivity contribution in [1.82, 2.24) is 19.6 Å². The highest BCUT2D eigenvalue weighted by molar-refractivity contribution is 5.87. The van der Waals surface area contributed by atoms with Crippen molar-refractivity contribution in [2.75, 3.05) is 6.61 Å². The molecule has 3 aromatic rings. The summed E-state index contributed by atoms with van der Waals surface area (Å²) in [5.74, 6) is -0.0814. The third-order valence-corrected chi connectivity index (χ3v) is 2.93. The summed E-state index contributed by atoms with van der Waals surface area (Å²) >= 11 is 0. The van der Waals surface area contributed by atoms with Crippen LogP contribution in [0.4, 0.5) is 0 Å². The van der Waals surface area contributed by atoms with Crippen molar-refractivity contribution < 1.29 is 14.6 Å². The molecule has 0 fully saturated rings. The van der Waals surface area contributed by atoms with Crippen molar-refractivity contribution in [3.05, 3.63) is 42.4 Å². The summed E-state index contributed by atoms with van der Waals surface area (Å²) < 4.78 is 6.57. The van der Waals surface area contributed by atoms with Gasteiger partial charge in [0.2, 0.25) is 0 Å². The first-order chi connectivity index (χ1) is 10.2. The number of carbonyl (C=O) groups is 1. The van der Waals surface area contributed by atoms with Gasteiger partial charge in [-0.2, -0.15) is 14.6 Å². The molecule has 3 rings (SSSR count). The Labute approximate surface area is 119 Å². The molecule has 0 aliphatic carbocycles. The zero-order valence-electron chi connectivity index (χ0n) is 11.2. The molecule has 106 valence electrons. The van der Waals surface area contributed by atoms with E-state index in [1.807, 2.05) is 31.2 Å². The van der Waals surface area contributed by atoms with Crippen LogP contribution in [0.2, 0.25) is 0 Å². The number of benzene rings is 1. The topological polar surface area (TPSA) is 89.6 Å². The van der Waals surface area contributed by atoms with Gasteiger partial charge in [-0.05, 0) is 37.3 Å². The lowest BCUT2D eigenvalue weighted by atomic mass is 10.1. The molecule has 0 saturated carbocycles. The van der Waals surface area contributed by atoms with Gasteiger partial charge < -0.3 is 9.84 Å². The van der Waals surface area contributed by atoms with E-state index in [1.54, 1.807) is 0 Å². The molecule has 0 aliphatic rings. The van der Waals surface area contributed by atoms with Crippen LogP contribution in [0.5, 0.6) is 5.75 Å². The Bertz CT molecular complexity index is 796. The Morgan fingerprint density at radius 1 is 1.33 bits per heavy atom. The molecule has 2 aromatic heterocycles. The average molecular weight is 284 g/mol. The molecule has 0 atom stereocenters. The van der Waals surface area contributed by atoms with Crippen LogP contribution >= 0.6 is 0 Å². The maximum absolute atomic E-state index is 11.3. The second-order valence-corrected chi connectivity index (χ2v) is 4.26. The highest BCUT2D eigenvalue weighted by atomic mass is 16.5. The van der Waals surface area contributed by atoms with Gasteiger partial charge in [-0.1, -0.05) is 0 Å². The van der Waals surface area contributed by atoms with Gasteiger partial charge in [0.25, 0.3) is 5.78 Å². The van der Waals surface area contributed by atoms with Crippen molar-refractivity contribution in [1.29, 1.82) is 0 Å². The molecule has 0 spiro atoms. The van der Waals surface area contributed by atoms with Crippen molar-refractivity contribution in [3.8, 4) is 17.0 Å². The molecule has 0 bridgehead atoms. The standard InChI is InChI=1S/C14H12N4O3/c1-2-21-10-5-3-9(4-6-10)11-7-12(13(19)20)18-14(17-11)15-8-16-18/h3-8H,2H2,1H3,(H,19,20). The monoisotopic (exact) mass is 284 g/mol. The molecule has 1 N–H and O–H groups in total. The van der Waals surface area contributed by atoms with Crippen molar-refractivity contribution >= 4 is 11.7 Å². The largest absolute Gasteiger partial charge is 0.494 e. The molecule has 0 unspecified atom stereocenters. The van der Waals surface area contributed by atoms with Gasteiger partial charge in [0, 0.05) is 5.56 Å². The fourth-order valence-electron chi connectivity index (χ4n) is 2.00. The number of hydrogen-bond acceptors (Lipinski definition) is 5. The van der Waals surface area contributed by atoms with Gasteiger partial charge in [0.15, 0.2) is 5.69 Å². The summed E-state index contributed by atoms with van der Waals surface area (Å²) in [5, 5.41) is 13.1. The number of aromatic nitrogens is 4. The van der Waals surface area contributed by atoms with Crippen LogP contribution in [-0.4, -0.2) is 37.3 Å². The van der Waals surface area contributed by atoms with Crippen LogP contribution in [0.3, 0.4) is 0 Å². The van der Waals surface area contributed by atoms with E-state index in [9.17, 15) is 9.90 Å². The van der Waals surface area contributed by atoms with E-state index in [1.165, 1.54) is 16.9 Å². The van der Waals surface area contributed by atoms with Gasteiger partial charge in [0.1, 0.15) is 12.1 Å². The zero-order valence-corrected chi connectivity index (χ0v) is 11.2. The van der Waals surface area contributed by atoms with Crippen LogP contribution in [0.15, 0.2) is 36.7 Å². The number of hydrogen-bond donors (Lipinski definition) is 1. The van der Waals surface area contributed by atoms with E-state index in [2.05, 4.69) is 15.1 Å². The third kappa shape index (κ3) is 2.40. The van der Waals surface area contributed by atoms with Gasteiger partial charge in [0.05, 0.1) is 12.3 Å². The lowest BCUT2D eigenvalue weighted by Gasteiger charge is -2.06. The van der Waals surface area contributed by atoms with Crippen molar-refractivity contribution in [3.63, 3.8) is 0 Å². The predicted molar refractivity (Wildman–Crippen MR) is 74.3 cm³/mol. The molecular weight excluding hydrogens is 272 g/mol. The Morgan fingerprint density at radius 2 is 2.10 bits per heavy atom. The fourth-order valence-corrected chi connectivity index (χ4v) is 2.00. The first-order valence-electron chi connectivity index (χ1n) is 6.36. The molecule has 2 heterocycles. The van der Waals surface area contributed by atoms with E-state index in [4.69, 9.17) is 4.74 Å². The second-order valence-electron chi connectivity index (χ2n) is 4.26. The molecule has 0 aliphatic heterocycles. The van der Waals surface area contributed by atoms with E-state index >= 15 is 0 Å². The number of nitrogens with zero attached hydrogens (tertiary/aromatic N) is 4. The summed E-state index contributed by atoms with van der Waals surface area (Å²) in [6.07, 6.45) is 1.27.